The lowest BCUT2D eigenvalue weighted by atomic mass is 10.1. The SMILES string of the molecule is COCCn1cc(C)nc1NCCCCC(C)C. The number of hydrogen-bond acceptors (Lipinski definition) is 3. The standard InChI is InChI=1S/C14H27N3O/c1-12(2)7-5-6-8-15-14-16-13(3)11-17(14)9-10-18-4/h11-12H,5-10H2,1-4H3,(H,15,16). The quantitative estimate of drug-likeness (QED) is 0.687. The molecule has 0 bridgehead atoms. The van der Waals surface area contributed by atoms with Gasteiger partial charge in [-0.05, 0) is 19.3 Å². The normalized spacial score (nSPS) is 11.2. The molecule has 0 atom stereocenters. The van der Waals surface area contributed by atoms with Crippen LogP contribution >= 0.6 is 0 Å². The van der Waals surface area contributed by atoms with Crippen molar-refractivity contribution in [3.05, 3.63) is 11.9 Å². The Morgan fingerprint density at radius 1 is 1.39 bits per heavy atom. The van der Waals surface area contributed by atoms with Crippen LogP contribution in [0.2, 0.25) is 0 Å². The second kappa shape index (κ2) is 8.14. The van der Waals surface area contributed by atoms with E-state index < -0.39 is 0 Å². The molecular weight excluding hydrogens is 226 g/mol. The lowest BCUT2D eigenvalue weighted by Gasteiger charge is -2.09. The molecule has 18 heavy (non-hydrogen) atoms. The highest BCUT2D eigenvalue weighted by Gasteiger charge is 2.04. The summed E-state index contributed by atoms with van der Waals surface area (Å²) in [4.78, 5) is 4.49. The van der Waals surface area contributed by atoms with Crippen molar-refractivity contribution in [2.45, 2.75) is 46.6 Å². The molecule has 0 aliphatic rings. The van der Waals surface area contributed by atoms with Crippen LogP contribution < -0.4 is 5.32 Å². The van der Waals surface area contributed by atoms with E-state index in [1.807, 2.05) is 6.92 Å². The average Bonchev–Trinajstić information content (AvgIpc) is 2.66. The number of nitrogens with zero attached hydrogens (tertiary/aromatic N) is 2. The molecular formula is C14H27N3O. The van der Waals surface area contributed by atoms with E-state index in [0.29, 0.717) is 0 Å². The molecule has 104 valence electrons. The molecule has 0 spiro atoms. The predicted octanol–water partition coefficient (Wildman–Crippen LogP) is 3.08. The molecule has 1 aromatic heterocycles. The van der Waals surface area contributed by atoms with Crippen molar-refractivity contribution in [3.8, 4) is 0 Å². The molecule has 0 amide bonds. The van der Waals surface area contributed by atoms with Gasteiger partial charge in [-0.2, -0.15) is 0 Å². The summed E-state index contributed by atoms with van der Waals surface area (Å²) in [6.07, 6.45) is 5.85. The Labute approximate surface area is 111 Å². The van der Waals surface area contributed by atoms with Crippen LogP contribution in [0.1, 0.15) is 38.8 Å². The zero-order valence-corrected chi connectivity index (χ0v) is 12.2. The number of rotatable bonds is 9. The molecule has 1 N–H and O–H groups in total. The van der Waals surface area contributed by atoms with E-state index in [1.54, 1.807) is 7.11 Å². The summed E-state index contributed by atoms with van der Waals surface area (Å²) in [6.45, 7) is 9.13. The summed E-state index contributed by atoms with van der Waals surface area (Å²) < 4.78 is 7.23. The summed E-state index contributed by atoms with van der Waals surface area (Å²) >= 11 is 0. The van der Waals surface area contributed by atoms with Crippen molar-refractivity contribution in [1.29, 1.82) is 0 Å². The highest BCUT2D eigenvalue weighted by atomic mass is 16.5. The summed E-state index contributed by atoms with van der Waals surface area (Å²) in [5, 5.41) is 3.41. The number of nitrogens with one attached hydrogen (secondary N) is 1. The fraction of sp³-hybridized carbons (Fsp3) is 0.786. The number of aromatic nitrogens is 2. The maximum absolute atomic E-state index is 5.10. The number of imidazole rings is 1. The Morgan fingerprint density at radius 3 is 2.83 bits per heavy atom. The molecule has 4 nitrogen and oxygen atoms in total. The van der Waals surface area contributed by atoms with Crippen LogP contribution in [-0.2, 0) is 11.3 Å². The largest absolute Gasteiger partial charge is 0.383 e. The van der Waals surface area contributed by atoms with Crippen LogP contribution in [0.5, 0.6) is 0 Å². The topological polar surface area (TPSA) is 39.1 Å². The van der Waals surface area contributed by atoms with Crippen molar-refractivity contribution in [3.63, 3.8) is 0 Å². The number of aryl methyl sites for hydroxylation is 1. The average molecular weight is 253 g/mol. The summed E-state index contributed by atoms with van der Waals surface area (Å²) in [7, 11) is 1.73. The van der Waals surface area contributed by atoms with Crippen LogP contribution in [0.25, 0.3) is 0 Å². The van der Waals surface area contributed by atoms with Crippen molar-refractivity contribution < 1.29 is 4.74 Å². The first-order valence-electron chi connectivity index (χ1n) is 6.90. The van der Waals surface area contributed by atoms with E-state index in [4.69, 9.17) is 4.74 Å². The van der Waals surface area contributed by atoms with Crippen molar-refractivity contribution in [2.24, 2.45) is 5.92 Å². The Morgan fingerprint density at radius 2 is 2.17 bits per heavy atom. The highest BCUT2D eigenvalue weighted by molar-refractivity contribution is 5.28. The molecule has 0 saturated heterocycles. The third kappa shape index (κ3) is 5.54. The Kier molecular flexibility index (Phi) is 6.80. The van der Waals surface area contributed by atoms with E-state index in [9.17, 15) is 0 Å². The molecule has 0 aliphatic heterocycles. The van der Waals surface area contributed by atoms with Crippen molar-refractivity contribution >= 4 is 5.95 Å². The summed E-state index contributed by atoms with van der Waals surface area (Å²) in [6, 6.07) is 0. The summed E-state index contributed by atoms with van der Waals surface area (Å²) in [5.74, 6) is 1.77. The zero-order chi connectivity index (χ0) is 13.4. The van der Waals surface area contributed by atoms with E-state index in [1.165, 1.54) is 19.3 Å². The number of unbranched alkanes of at least 4 members (excludes halogenated alkanes) is 1. The molecule has 0 unspecified atom stereocenters. The van der Waals surface area contributed by atoms with Gasteiger partial charge in [0.15, 0.2) is 0 Å². The number of ether oxygens (including phenoxy) is 1. The molecule has 1 rings (SSSR count). The maximum atomic E-state index is 5.10. The van der Waals surface area contributed by atoms with Gasteiger partial charge in [0.25, 0.3) is 0 Å². The smallest absolute Gasteiger partial charge is 0.203 e. The Balaban J connectivity index is 2.32. The minimum absolute atomic E-state index is 0.720. The summed E-state index contributed by atoms with van der Waals surface area (Å²) in [5.41, 5.74) is 1.05. The Bertz CT molecular complexity index is 334. The first-order valence-corrected chi connectivity index (χ1v) is 6.90. The van der Waals surface area contributed by atoms with Crippen molar-refractivity contribution in [1.82, 2.24) is 9.55 Å². The van der Waals surface area contributed by atoms with Crippen LogP contribution in [0.3, 0.4) is 0 Å². The van der Waals surface area contributed by atoms with Crippen LogP contribution in [0.15, 0.2) is 6.20 Å². The predicted molar refractivity (Wildman–Crippen MR) is 76.0 cm³/mol. The molecule has 0 radical (unpaired) electrons. The fourth-order valence-corrected chi connectivity index (χ4v) is 1.93. The monoisotopic (exact) mass is 253 g/mol. The van der Waals surface area contributed by atoms with Gasteiger partial charge < -0.3 is 14.6 Å². The first kappa shape index (κ1) is 15.0. The molecule has 4 heteroatoms. The second-order valence-corrected chi connectivity index (χ2v) is 5.21. The van der Waals surface area contributed by atoms with Gasteiger partial charge in [0.05, 0.1) is 12.3 Å². The van der Waals surface area contributed by atoms with Gasteiger partial charge in [0.2, 0.25) is 5.95 Å². The van der Waals surface area contributed by atoms with Crippen molar-refractivity contribution in [2.75, 3.05) is 25.6 Å². The van der Waals surface area contributed by atoms with Gasteiger partial charge in [-0.25, -0.2) is 4.98 Å². The number of hydrogen-bond donors (Lipinski definition) is 1. The minimum Gasteiger partial charge on any atom is -0.383 e. The third-order valence-electron chi connectivity index (χ3n) is 2.92. The van der Waals surface area contributed by atoms with Crippen LogP contribution in [0, 0.1) is 12.8 Å². The van der Waals surface area contributed by atoms with E-state index in [2.05, 4.69) is 34.9 Å². The molecule has 0 aromatic carbocycles. The second-order valence-electron chi connectivity index (χ2n) is 5.21. The zero-order valence-electron chi connectivity index (χ0n) is 12.2. The van der Waals surface area contributed by atoms with E-state index in [0.717, 1.165) is 37.3 Å². The van der Waals surface area contributed by atoms with Gasteiger partial charge in [0, 0.05) is 26.4 Å². The third-order valence-corrected chi connectivity index (χ3v) is 2.92. The van der Waals surface area contributed by atoms with Crippen LogP contribution in [-0.4, -0.2) is 29.8 Å². The molecule has 0 fully saturated rings. The lowest BCUT2D eigenvalue weighted by Crippen LogP contribution is -2.11. The Hall–Kier alpha value is -1.03. The van der Waals surface area contributed by atoms with Gasteiger partial charge in [-0.3, -0.25) is 0 Å². The van der Waals surface area contributed by atoms with Gasteiger partial charge in [-0.15, -0.1) is 0 Å². The van der Waals surface area contributed by atoms with Gasteiger partial charge in [0.1, 0.15) is 0 Å². The highest BCUT2D eigenvalue weighted by Crippen LogP contribution is 2.10. The lowest BCUT2D eigenvalue weighted by molar-refractivity contribution is 0.187. The number of methoxy groups -OCH3 is 1. The van der Waals surface area contributed by atoms with Gasteiger partial charge in [-0.1, -0.05) is 26.7 Å². The van der Waals surface area contributed by atoms with E-state index >= 15 is 0 Å². The van der Waals surface area contributed by atoms with Crippen LogP contribution in [0.4, 0.5) is 5.95 Å². The molecule has 0 saturated carbocycles. The maximum Gasteiger partial charge on any atom is 0.203 e. The molecule has 1 heterocycles. The molecule has 1 aromatic rings. The molecule has 0 aliphatic carbocycles. The number of anilines is 1. The first-order chi connectivity index (χ1) is 8.63. The minimum atomic E-state index is 0.720. The van der Waals surface area contributed by atoms with E-state index in [-0.39, 0.29) is 0 Å². The fourth-order valence-electron chi connectivity index (χ4n) is 1.93. The van der Waals surface area contributed by atoms with Gasteiger partial charge >= 0.3 is 0 Å².